The molecule has 0 saturated heterocycles. The van der Waals surface area contributed by atoms with E-state index in [0.717, 1.165) is 5.69 Å². The largest absolute Gasteiger partial charge is 0.388 e. The number of nitrogens with zero attached hydrogens (tertiary/aromatic N) is 1. The maximum absolute atomic E-state index is 8.15. The molecule has 0 aliphatic carbocycles. The molecule has 0 radical (unpaired) electrons. The highest BCUT2D eigenvalue weighted by molar-refractivity contribution is 7.18. The summed E-state index contributed by atoms with van der Waals surface area (Å²) in [6.07, 6.45) is 1.60. The van der Waals surface area contributed by atoms with E-state index < -0.39 is 0 Å². The van der Waals surface area contributed by atoms with Crippen LogP contribution < -0.4 is 9.82 Å². The Morgan fingerprint density at radius 1 is 1.36 bits per heavy atom. The summed E-state index contributed by atoms with van der Waals surface area (Å²) in [5.74, 6) is 0.552. The van der Waals surface area contributed by atoms with Crippen LogP contribution in [0.25, 0.3) is 0 Å². The van der Waals surface area contributed by atoms with Crippen LogP contribution in [-0.2, 0) is 0 Å². The van der Waals surface area contributed by atoms with E-state index in [9.17, 15) is 0 Å². The second-order valence-corrected chi connectivity index (χ2v) is 2.15. The van der Waals surface area contributed by atoms with Gasteiger partial charge in [-0.1, -0.05) is 0 Å². The first kappa shape index (κ1) is 7.84. The lowest BCUT2D eigenvalue weighted by molar-refractivity contribution is 0.507. The number of hydrogen-bond acceptors (Lipinski definition) is 3. The third-order valence-corrected chi connectivity index (χ3v) is 1.52. The SMILES string of the molecule is N#COc1ccc(NP)cc1. The quantitative estimate of drug-likeness (QED) is 0.537. The predicted molar refractivity (Wildman–Crippen MR) is 46.0 cm³/mol. The van der Waals surface area contributed by atoms with Gasteiger partial charge in [-0.2, -0.15) is 0 Å². The van der Waals surface area contributed by atoms with Crippen molar-refractivity contribution in [3.63, 3.8) is 0 Å². The zero-order valence-corrected chi connectivity index (χ0v) is 6.90. The highest BCUT2D eigenvalue weighted by Gasteiger charge is 1.91. The highest BCUT2D eigenvalue weighted by Crippen LogP contribution is 2.15. The van der Waals surface area contributed by atoms with Crippen LogP contribution in [-0.4, -0.2) is 0 Å². The molecule has 1 N–H and O–H groups in total. The molecule has 56 valence electrons. The van der Waals surface area contributed by atoms with Crippen molar-refractivity contribution in [2.75, 3.05) is 5.09 Å². The Labute approximate surface area is 67.2 Å². The van der Waals surface area contributed by atoms with E-state index in [1.165, 1.54) is 0 Å². The Morgan fingerprint density at radius 2 is 2.00 bits per heavy atom. The van der Waals surface area contributed by atoms with Gasteiger partial charge in [-0.05, 0) is 33.7 Å². The van der Waals surface area contributed by atoms with Crippen molar-refractivity contribution in [1.82, 2.24) is 0 Å². The van der Waals surface area contributed by atoms with E-state index in [-0.39, 0.29) is 0 Å². The summed E-state index contributed by atoms with van der Waals surface area (Å²) in [4.78, 5) is 0. The molecule has 1 aromatic carbocycles. The van der Waals surface area contributed by atoms with E-state index in [2.05, 4.69) is 19.2 Å². The van der Waals surface area contributed by atoms with E-state index in [1.54, 1.807) is 18.4 Å². The van der Waals surface area contributed by atoms with Gasteiger partial charge in [0, 0.05) is 5.69 Å². The Balaban J connectivity index is 2.76. The molecule has 4 heteroatoms. The average molecular weight is 166 g/mol. The van der Waals surface area contributed by atoms with E-state index in [1.807, 2.05) is 12.1 Å². The number of hydrogen-bond donors (Lipinski definition) is 1. The normalized spacial score (nSPS) is 8.36. The fraction of sp³-hybridized carbons (Fsp3) is 0. The maximum Gasteiger partial charge on any atom is 0.292 e. The first-order valence-corrected chi connectivity index (χ1v) is 3.57. The lowest BCUT2D eigenvalue weighted by atomic mass is 10.3. The van der Waals surface area contributed by atoms with E-state index in [0.29, 0.717) is 5.75 Å². The number of nitriles is 1. The summed E-state index contributed by atoms with van der Waals surface area (Å²) < 4.78 is 4.58. The second-order valence-electron chi connectivity index (χ2n) is 1.86. The van der Waals surface area contributed by atoms with Gasteiger partial charge in [0.25, 0.3) is 6.26 Å². The first-order valence-electron chi connectivity index (χ1n) is 2.99. The summed E-state index contributed by atoms with van der Waals surface area (Å²) in [6, 6.07) is 7.07. The molecule has 0 amide bonds. The van der Waals surface area contributed by atoms with Crippen molar-refractivity contribution in [3.8, 4) is 12.0 Å². The van der Waals surface area contributed by atoms with Crippen molar-refractivity contribution in [1.29, 1.82) is 5.26 Å². The number of benzene rings is 1. The van der Waals surface area contributed by atoms with Crippen LogP contribution in [0.15, 0.2) is 24.3 Å². The average Bonchev–Trinajstić information content (AvgIpc) is 2.07. The molecular weight excluding hydrogens is 159 g/mol. The molecule has 0 heterocycles. The second kappa shape index (κ2) is 3.80. The van der Waals surface area contributed by atoms with Crippen LogP contribution in [0.2, 0.25) is 0 Å². The van der Waals surface area contributed by atoms with Gasteiger partial charge >= 0.3 is 0 Å². The summed E-state index contributed by atoms with van der Waals surface area (Å²) >= 11 is 0. The van der Waals surface area contributed by atoms with Crippen LogP contribution >= 0.6 is 9.39 Å². The third kappa shape index (κ3) is 2.10. The third-order valence-electron chi connectivity index (χ3n) is 1.18. The molecule has 0 aliphatic rings. The monoisotopic (exact) mass is 166 g/mol. The molecular formula is C7H7N2OP. The number of rotatable bonds is 2. The van der Waals surface area contributed by atoms with Gasteiger partial charge < -0.3 is 9.82 Å². The Bertz CT molecular complexity index is 265. The minimum atomic E-state index is 0.552. The minimum absolute atomic E-state index is 0.552. The van der Waals surface area contributed by atoms with Crippen LogP contribution in [0.1, 0.15) is 0 Å². The Hall–Kier alpha value is -1.26. The van der Waals surface area contributed by atoms with Crippen molar-refractivity contribution in [3.05, 3.63) is 24.3 Å². The lowest BCUT2D eigenvalue weighted by Crippen LogP contribution is -1.82. The Kier molecular flexibility index (Phi) is 2.71. The van der Waals surface area contributed by atoms with Crippen molar-refractivity contribution >= 4 is 15.1 Å². The molecule has 11 heavy (non-hydrogen) atoms. The lowest BCUT2D eigenvalue weighted by Gasteiger charge is -1.98. The zero-order chi connectivity index (χ0) is 8.10. The van der Waals surface area contributed by atoms with Crippen molar-refractivity contribution < 1.29 is 4.74 Å². The number of nitrogens with one attached hydrogen (secondary N) is 1. The molecule has 0 fully saturated rings. The molecule has 0 saturated carbocycles. The van der Waals surface area contributed by atoms with Gasteiger partial charge in [0.1, 0.15) is 5.75 Å². The van der Waals surface area contributed by atoms with Crippen LogP contribution in [0.3, 0.4) is 0 Å². The smallest absolute Gasteiger partial charge is 0.292 e. The summed E-state index contributed by atoms with van der Waals surface area (Å²) in [5, 5.41) is 11.0. The van der Waals surface area contributed by atoms with Gasteiger partial charge in [0.05, 0.1) is 0 Å². The van der Waals surface area contributed by atoms with Crippen molar-refractivity contribution in [2.24, 2.45) is 0 Å². The fourth-order valence-corrected chi connectivity index (χ4v) is 0.864. The molecule has 1 atom stereocenters. The molecule has 1 unspecified atom stereocenters. The predicted octanol–water partition coefficient (Wildman–Crippen LogP) is 1.75. The molecule has 0 aliphatic heterocycles. The molecule has 0 spiro atoms. The van der Waals surface area contributed by atoms with Crippen molar-refractivity contribution in [2.45, 2.75) is 0 Å². The minimum Gasteiger partial charge on any atom is -0.388 e. The van der Waals surface area contributed by atoms with E-state index >= 15 is 0 Å². The number of ether oxygens (including phenoxy) is 1. The highest BCUT2D eigenvalue weighted by atomic mass is 31.0. The van der Waals surface area contributed by atoms with Crippen LogP contribution in [0.5, 0.6) is 5.75 Å². The molecule has 3 nitrogen and oxygen atoms in total. The topological polar surface area (TPSA) is 45.0 Å². The summed E-state index contributed by atoms with van der Waals surface area (Å²) in [7, 11) is 2.38. The fourth-order valence-electron chi connectivity index (χ4n) is 0.672. The molecule has 0 aromatic heterocycles. The van der Waals surface area contributed by atoms with Gasteiger partial charge in [-0.3, -0.25) is 0 Å². The maximum atomic E-state index is 8.15. The van der Waals surface area contributed by atoms with Gasteiger partial charge in [-0.15, -0.1) is 5.26 Å². The first-order chi connectivity index (χ1) is 5.36. The van der Waals surface area contributed by atoms with E-state index in [4.69, 9.17) is 5.26 Å². The van der Waals surface area contributed by atoms with Gasteiger partial charge in [0.2, 0.25) is 0 Å². The molecule has 1 aromatic rings. The molecule has 1 rings (SSSR count). The summed E-state index contributed by atoms with van der Waals surface area (Å²) in [6.45, 7) is 0. The van der Waals surface area contributed by atoms with Gasteiger partial charge in [0.15, 0.2) is 0 Å². The standard InChI is InChI=1S/C7H7N2OP/c8-5-10-7-3-1-6(9-11)2-4-7/h1-4,9H,11H2. The molecule has 0 bridgehead atoms. The Morgan fingerprint density at radius 3 is 2.45 bits per heavy atom. The van der Waals surface area contributed by atoms with Crippen LogP contribution in [0, 0.1) is 11.5 Å². The summed E-state index contributed by atoms with van der Waals surface area (Å²) in [5.41, 5.74) is 0.959. The number of anilines is 1. The zero-order valence-electron chi connectivity index (χ0n) is 5.74. The van der Waals surface area contributed by atoms with Gasteiger partial charge in [-0.25, -0.2) is 0 Å². The van der Waals surface area contributed by atoms with Crippen LogP contribution in [0.4, 0.5) is 5.69 Å².